The second kappa shape index (κ2) is 12.6. The van der Waals surface area contributed by atoms with Crippen molar-refractivity contribution in [1.29, 1.82) is 0 Å². The summed E-state index contributed by atoms with van der Waals surface area (Å²) in [7, 11) is 3.22. The van der Waals surface area contributed by atoms with Gasteiger partial charge < -0.3 is 24.6 Å². The fourth-order valence-electron chi connectivity index (χ4n) is 5.23. The largest absolute Gasteiger partial charge is 0.493 e. The number of carbonyl (C=O) groups excluding carboxylic acids is 2. The van der Waals surface area contributed by atoms with Crippen molar-refractivity contribution in [2.75, 3.05) is 51.8 Å². The molecule has 0 unspecified atom stereocenters. The van der Waals surface area contributed by atoms with Crippen LogP contribution >= 0.6 is 0 Å². The summed E-state index contributed by atoms with van der Waals surface area (Å²) in [5, 5.41) is 3.02. The molecule has 1 saturated carbocycles. The lowest BCUT2D eigenvalue weighted by molar-refractivity contribution is -0.131. The van der Waals surface area contributed by atoms with E-state index in [9.17, 15) is 9.59 Å². The van der Waals surface area contributed by atoms with Crippen molar-refractivity contribution in [2.45, 2.75) is 44.9 Å². The molecule has 0 radical (unpaired) electrons. The minimum absolute atomic E-state index is 0.145. The molecule has 2 aliphatic rings. The summed E-state index contributed by atoms with van der Waals surface area (Å²) < 4.78 is 10.7. The predicted octanol–water partition coefficient (Wildman–Crippen LogP) is 3.69. The molecule has 0 bridgehead atoms. The number of anilines is 1. The average Bonchev–Trinajstić information content (AvgIpc) is 3.45. The standard InChI is InChI=1S/C28H38N4O4/c1-35-24-11-9-22(20-25(24)36-2)13-15-30-28(34)23-8-5-14-29-27(23)32-18-16-31(17-19-32)26(33)12-10-21-6-3-4-7-21/h5,8-9,11,14,20-21H,3-4,6-7,10,12-13,15-19H2,1-2H3,(H,30,34). The van der Waals surface area contributed by atoms with Crippen molar-refractivity contribution in [1.82, 2.24) is 15.2 Å². The maximum Gasteiger partial charge on any atom is 0.255 e. The Morgan fingerprint density at radius 1 is 1.03 bits per heavy atom. The zero-order valence-corrected chi connectivity index (χ0v) is 21.5. The number of ether oxygens (including phenoxy) is 2. The highest BCUT2D eigenvalue weighted by Gasteiger charge is 2.25. The summed E-state index contributed by atoms with van der Waals surface area (Å²) >= 11 is 0. The quantitative estimate of drug-likeness (QED) is 0.542. The third-order valence-corrected chi connectivity index (χ3v) is 7.35. The Labute approximate surface area is 214 Å². The van der Waals surface area contributed by atoms with E-state index in [1.54, 1.807) is 26.5 Å². The van der Waals surface area contributed by atoms with Crippen molar-refractivity contribution in [3.8, 4) is 11.5 Å². The zero-order chi connectivity index (χ0) is 25.3. The van der Waals surface area contributed by atoms with Crippen LogP contribution in [0, 0.1) is 5.92 Å². The Bertz CT molecular complexity index is 1030. The zero-order valence-electron chi connectivity index (χ0n) is 21.5. The number of rotatable bonds is 10. The molecule has 2 heterocycles. The van der Waals surface area contributed by atoms with Crippen LogP contribution in [0.4, 0.5) is 5.82 Å². The van der Waals surface area contributed by atoms with Gasteiger partial charge in [-0.25, -0.2) is 4.98 Å². The molecular weight excluding hydrogens is 456 g/mol. The van der Waals surface area contributed by atoms with E-state index < -0.39 is 0 Å². The summed E-state index contributed by atoms with van der Waals surface area (Å²) in [6, 6.07) is 9.36. The number of hydrogen-bond acceptors (Lipinski definition) is 6. The lowest BCUT2D eigenvalue weighted by Gasteiger charge is -2.36. The van der Waals surface area contributed by atoms with Gasteiger partial charge in [0.2, 0.25) is 5.91 Å². The van der Waals surface area contributed by atoms with E-state index in [2.05, 4.69) is 15.2 Å². The van der Waals surface area contributed by atoms with E-state index in [0.29, 0.717) is 68.4 Å². The van der Waals surface area contributed by atoms with Crippen molar-refractivity contribution >= 4 is 17.6 Å². The fraction of sp³-hybridized carbons (Fsp3) is 0.536. The van der Waals surface area contributed by atoms with Gasteiger partial charge in [0, 0.05) is 45.3 Å². The first-order valence-corrected chi connectivity index (χ1v) is 13.1. The number of piperazine rings is 1. The van der Waals surface area contributed by atoms with Crippen LogP contribution in [0.3, 0.4) is 0 Å². The Morgan fingerprint density at radius 2 is 1.78 bits per heavy atom. The summed E-state index contributed by atoms with van der Waals surface area (Å²) in [5.74, 6) is 2.88. The minimum atomic E-state index is -0.145. The van der Waals surface area contributed by atoms with E-state index in [0.717, 1.165) is 17.9 Å². The number of aromatic nitrogens is 1. The first-order chi connectivity index (χ1) is 17.6. The molecule has 36 heavy (non-hydrogen) atoms. The van der Waals surface area contributed by atoms with Crippen LogP contribution in [0.15, 0.2) is 36.5 Å². The molecule has 8 heteroatoms. The first kappa shape index (κ1) is 25.8. The monoisotopic (exact) mass is 494 g/mol. The van der Waals surface area contributed by atoms with Crippen LogP contribution in [0.2, 0.25) is 0 Å². The lowest BCUT2D eigenvalue weighted by atomic mass is 10.0. The summed E-state index contributed by atoms with van der Waals surface area (Å²) in [6.07, 6.45) is 9.24. The van der Waals surface area contributed by atoms with Crippen LogP contribution in [0.5, 0.6) is 11.5 Å². The van der Waals surface area contributed by atoms with Gasteiger partial charge in [0.05, 0.1) is 19.8 Å². The summed E-state index contributed by atoms with van der Waals surface area (Å²) in [5.41, 5.74) is 1.61. The number of carbonyl (C=O) groups is 2. The molecule has 4 rings (SSSR count). The molecule has 1 aromatic carbocycles. The van der Waals surface area contributed by atoms with Gasteiger partial charge in [-0.1, -0.05) is 31.7 Å². The van der Waals surface area contributed by atoms with Gasteiger partial charge in [-0.15, -0.1) is 0 Å². The van der Waals surface area contributed by atoms with Gasteiger partial charge in [-0.05, 0) is 48.6 Å². The maximum atomic E-state index is 13.0. The second-order valence-corrected chi connectivity index (χ2v) is 9.63. The maximum absolute atomic E-state index is 13.0. The summed E-state index contributed by atoms with van der Waals surface area (Å²) in [4.78, 5) is 34.3. The third kappa shape index (κ3) is 6.47. The second-order valence-electron chi connectivity index (χ2n) is 9.63. The minimum Gasteiger partial charge on any atom is -0.493 e. The van der Waals surface area contributed by atoms with Gasteiger partial charge in [0.15, 0.2) is 11.5 Å². The van der Waals surface area contributed by atoms with Crippen LogP contribution in [-0.2, 0) is 11.2 Å². The molecule has 2 fully saturated rings. The van der Waals surface area contributed by atoms with Crippen LogP contribution < -0.4 is 19.7 Å². The topological polar surface area (TPSA) is 84.0 Å². The van der Waals surface area contributed by atoms with Gasteiger partial charge in [-0.2, -0.15) is 0 Å². The van der Waals surface area contributed by atoms with Crippen molar-refractivity contribution in [3.63, 3.8) is 0 Å². The number of benzene rings is 1. The fourth-order valence-corrected chi connectivity index (χ4v) is 5.23. The number of amides is 2. The highest BCUT2D eigenvalue weighted by Crippen LogP contribution is 2.29. The van der Waals surface area contributed by atoms with Crippen LogP contribution in [-0.4, -0.2) is 68.6 Å². The Hall–Kier alpha value is -3.29. The summed E-state index contributed by atoms with van der Waals surface area (Å²) in [6.45, 7) is 3.18. The molecular formula is C28H38N4O4. The number of methoxy groups -OCH3 is 2. The SMILES string of the molecule is COc1ccc(CCNC(=O)c2cccnc2N2CCN(C(=O)CCC3CCCC3)CC2)cc1OC. The molecule has 1 aliphatic carbocycles. The first-order valence-electron chi connectivity index (χ1n) is 13.1. The Kier molecular flexibility index (Phi) is 9.03. The molecule has 1 N–H and O–H groups in total. The van der Waals surface area contributed by atoms with Crippen LogP contribution in [0.25, 0.3) is 0 Å². The lowest BCUT2D eigenvalue weighted by Crippen LogP contribution is -2.49. The molecule has 8 nitrogen and oxygen atoms in total. The van der Waals surface area contributed by atoms with E-state index in [-0.39, 0.29) is 11.8 Å². The van der Waals surface area contributed by atoms with E-state index in [1.807, 2.05) is 29.2 Å². The highest BCUT2D eigenvalue weighted by molar-refractivity contribution is 5.98. The molecule has 0 atom stereocenters. The molecule has 1 aliphatic heterocycles. The van der Waals surface area contributed by atoms with Gasteiger partial charge in [0.1, 0.15) is 5.82 Å². The smallest absolute Gasteiger partial charge is 0.255 e. The molecule has 1 saturated heterocycles. The Morgan fingerprint density at radius 3 is 2.50 bits per heavy atom. The van der Waals surface area contributed by atoms with Crippen LogP contribution in [0.1, 0.15) is 54.4 Å². The van der Waals surface area contributed by atoms with Gasteiger partial charge in [0.25, 0.3) is 5.91 Å². The molecule has 0 spiro atoms. The molecule has 1 aromatic heterocycles. The number of nitrogens with zero attached hydrogens (tertiary/aromatic N) is 3. The third-order valence-electron chi connectivity index (χ3n) is 7.35. The number of nitrogens with one attached hydrogen (secondary N) is 1. The highest BCUT2D eigenvalue weighted by atomic mass is 16.5. The van der Waals surface area contributed by atoms with E-state index in [1.165, 1.54) is 25.7 Å². The van der Waals surface area contributed by atoms with Gasteiger partial charge in [-0.3, -0.25) is 9.59 Å². The number of hydrogen-bond donors (Lipinski definition) is 1. The van der Waals surface area contributed by atoms with Crippen molar-refractivity contribution < 1.29 is 19.1 Å². The van der Waals surface area contributed by atoms with Crippen molar-refractivity contribution in [3.05, 3.63) is 47.7 Å². The normalized spacial score (nSPS) is 16.2. The van der Waals surface area contributed by atoms with Gasteiger partial charge >= 0.3 is 0 Å². The predicted molar refractivity (Wildman–Crippen MR) is 140 cm³/mol. The average molecular weight is 495 g/mol. The molecule has 2 aromatic rings. The molecule has 194 valence electrons. The van der Waals surface area contributed by atoms with Crippen molar-refractivity contribution in [2.24, 2.45) is 5.92 Å². The number of pyridine rings is 1. The molecule has 2 amide bonds. The van der Waals surface area contributed by atoms with E-state index >= 15 is 0 Å². The van der Waals surface area contributed by atoms with E-state index in [4.69, 9.17) is 9.47 Å². The Balaban J connectivity index is 1.28.